The summed E-state index contributed by atoms with van der Waals surface area (Å²) >= 11 is 0. The lowest BCUT2D eigenvalue weighted by Crippen LogP contribution is -2.30. The molecule has 0 saturated heterocycles. The van der Waals surface area contributed by atoms with E-state index in [1.165, 1.54) is 6.92 Å². The smallest absolute Gasteiger partial charge is 0.303 e. The van der Waals surface area contributed by atoms with Gasteiger partial charge in [-0.1, -0.05) is 50.1 Å². The van der Waals surface area contributed by atoms with Crippen molar-refractivity contribution in [3.05, 3.63) is 37.0 Å². The number of carbonyl (C=O) groups is 1. The zero-order valence-electron chi connectivity index (χ0n) is 14.2. The van der Waals surface area contributed by atoms with E-state index in [9.17, 15) is 9.90 Å². The van der Waals surface area contributed by atoms with Crippen molar-refractivity contribution in [1.29, 1.82) is 0 Å². The van der Waals surface area contributed by atoms with Crippen LogP contribution in [0.4, 0.5) is 0 Å². The average Bonchev–Trinajstić information content (AvgIpc) is 2.48. The number of allylic oxidation sites excluding steroid dienone is 4. The van der Waals surface area contributed by atoms with Crippen LogP contribution in [-0.4, -0.2) is 23.3 Å². The zero-order valence-corrected chi connectivity index (χ0v) is 14.2. The Morgan fingerprint density at radius 3 is 2.55 bits per heavy atom. The Hall–Kier alpha value is -1.35. The molecule has 0 aliphatic heterocycles. The number of ether oxygens (including phenoxy) is 1. The van der Waals surface area contributed by atoms with E-state index in [1.807, 2.05) is 18.2 Å². The van der Waals surface area contributed by atoms with Crippen LogP contribution in [0.1, 0.15) is 65.2 Å². The molecule has 22 heavy (non-hydrogen) atoms. The van der Waals surface area contributed by atoms with Gasteiger partial charge in [-0.25, -0.2) is 0 Å². The molecule has 0 radical (unpaired) electrons. The number of rotatable bonds is 13. The number of hydrogen-bond donors (Lipinski definition) is 1. The molecule has 0 unspecified atom stereocenters. The highest BCUT2D eigenvalue weighted by Gasteiger charge is 2.20. The van der Waals surface area contributed by atoms with Gasteiger partial charge in [-0.15, -0.1) is 6.58 Å². The summed E-state index contributed by atoms with van der Waals surface area (Å²) in [6, 6.07) is 0. The van der Waals surface area contributed by atoms with Gasteiger partial charge in [0.05, 0.1) is 6.10 Å². The monoisotopic (exact) mass is 308 g/mol. The summed E-state index contributed by atoms with van der Waals surface area (Å²) in [4.78, 5) is 11.2. The molecule has 0 rings (SSSR count). The molecule has 0 aromatic carbocycles. The number of hydrogen-bond acceptors (Lipinski definition) is 3. The van der Waals surface area contributed by atoms with E-state index in [0.717, 1.165) is 38.5 Å². The van der Waals surface area contributed by atoms with E-state index in [0.29, 0.717) is 12.8 Å². The second-order valence-corrected chi connectivity index (χ2v) is 5.46. The van der Waals surface area contributed by atoms with Crippen molar-refractivity contribution < 1.29 is 14.6 Å². The number of carbonyl (C=O) groups excluding carboxylic acids is 1. The molecule has 0 aromatic heterocycles. The maximum atomic E-state index is 11.2. The number of aliphatic hydroxyl groups is 1. The molecule has 0 amide bonds. The van der Waals surface area contributed by atoms with Crippen LogP contribution >= 0.6 is 0 Å². The van der Waals surface area contributed by atoms with Gasteiger partial charge in [0, 0.05) is 13.3 Å². The molecule has 0 aliphatic carbocycles. The summed E-state index contributed by atoms with van der Waals surface area (Å²) in [6.45, 7) is 7.18. The molecular formula is C19H32O3. The topological polar surface area (TPSA) is 46.5 Å². The van der Waals surface area contributed by atoms with Crippen LogP contribution in [0.3, 0.4) is 0 Å². The Morgan fingerprint density at radius 1 is 1.18 bits per heavy atom. The standard InChI is InChI=1S/C19H32O3/c1-4-6-8-10-12-14-16-19(22-17(3)20)18(21)15-13-11-9-7-5-2/h5-6,8,12,14,18-19,21H,2,4,7,9-11,13,15-16H2,1,3H3/b8-6-,14-12-/t18-,19+/m1/s1. The van der Waals surface area contributed by atoms with Crippen molar-refractivity contribution in [1.82, 2.24) is 0 Å². The SMILES string of the molecule is C=CCCCCC[C@@H](O)[C@H](C/C=C\C/C=C\CC)OC(C)=O. The predicted octanol–water partition coefficient (Wildman–Crippen LogP) is 4.72. The third-order valence-corrected chi connectivity index (χ3v) is 3.36. The molecule has 0 bridgehead atoms. The van der Waals surface area contributed by atoms with Crippen molar-refractivity contribution in [3.63, 3.8) is 0 Å². The molecule has 1 N–H and O–H groups in total. The lowest BCUT2D eigenvalue weighted by Gasteiger charge is -2.21. The quantitative estimate of drug-likeness (QED) is 0.304. The van der Waals surface area contributed by atoms with E-state index < -0.39 is 12.2 Å². The third-order valence-electron chi connectivity index (χ3n) is 3.36. The molecule has 2 atom stereocenters. The number of aliphatic hydroxyl groups excluding tert-OH is 1. The normalized spacial score (nSPS) is 14.3. The summed E-state index contributed by atoms with van der Waals surface area (Å²) in [5, 5.41) is 10.2. The summed E-state index contributed by atoms with van der Waals surface area (Å²) in [7, 11) is 0. The van der Waals surface area contributed by atoms with Gasteiger partial charge in [0.1, 0.15) is 6.10 Å². The fourth-order valence-corrected chi connectivity index (χ4v) is 2.17. The van der Waals surface area contributed by atoms with Gasteiger partial charge in [-0.2, -0.15) is 0 Å². The Balaban J connectivity index is 4.15. The van der Waals surface area contributed by atoms with Crippen LogP contribution < -0.4 is 0 Å². The fourth-order valence-electron chi connectivity index (χ4n) is 2.17. The Bertz CT molecular complexity index is 345. The minimum atomic E-state index is -0.594. The fraction of sp³-hybridized carbons (Fsp3) is 0.632. The maximum absolute atomic E-state index is 11.2. The van der Waals surface area contributed by atoms with Crippen LogP contribution in [0.5, 0.6) is 0 Å². The largest absolute Gasteiger partial charge is 0.459 e. The molecule has 126 valence electrons. The van der Waals surface area contributed by atoms with Gasteiger partial charge in [-0.05, 0) is 32.1 Å². The van der Waals surface area contributed by atoms with Crippen LogP contribution in [0.2, 0.25) is 0 Å². The van der Waals surface area contributed by atoms with E-state index in [2.05, 4.69) is 25.7 Å². The number of esters is 1. The molecule has 3 nitrogen and oxygen atoms in total. The Labute approximate surface area is 135 Å². The van der Waals surface area contributed by atoms with Crippen LogP contribution in [0.25, 0.3) is 0 Å². The van der Waals surface area contributed by atoms with Crippen molar-refractivity contribution >= 4 is 5.97 Å². The highest BCUT2D eigenvalue weighted by atomic mass is 16.6. The zero-order chi connectivity index (χ0) is 16.6. The Morgan fingerprint density at radius 2 is 1.91 bits per heavy atom. The minimum Gasteiger partial charge on any atom is -0.459 e. The third kappa shape index (κ3) is 12.4. The molecule has 3 heteroatoms. The van der Waals surface area contributed by atoms with Gasteiger partial charge in [0.2, 0.25) is 0 Å². The Kier molecular flexibility index (Phi) is 13.7. The highest BCUT2D eigenvalue weighted by molar-refractivity contribution is 5.66. The lowest BCUT2D eigenvalue weighted by atomic mass is 10.0. The molecule has 0 aliphatic rings. The highest BCUT2D eigenvalue weighted by Crippen LogP contribution is 2.14. The first-order valence-electron chi connectivity index (χ1n) is 8.38. The first-order valence-corrected chi connectivity index (χ1v) is 8.38. The van der Waals surface area contributed by atoms with Crippen LogP contribution in [-0.2, 0) is 9.53 Å². The lowest BCUT2D eigenvalue weighted by molar-refractivity contribution is -0.152. The van der Waals surface area contributed by atoms with E-state index in [4.69, 9.17) is 4.74 Å². The van der Waals surface area contributed by atoms with Crippen molar-refractivity contribution in [3.8, 4) is 0 Å². The first-order chi connectivity index (χ1) is 10.6. The second kappa shape index (κ2) is 14.6. The van der Waals surface area contributed by atoms with Gasteiger partial charge >= 0.3 is 5.97 Å². The van der Waals surface area contributed by atoms with Crippen molar-refractivity contribution in [2.24, 2.45) is 0 Å². The minimum absolute atomic E-state index is 0.338. The molecule has 0 aromatic rings. The van der Waals surface area contributed by atoms with Gasteiger partial charge in [0.25, 0.3) is 0 Å². The summed E-state index contributed by atoms with van der Waals surface area (Å²) in [5.41, 5.74) is 0. The van der Waals surface area contributed by atoms with Crippen molar-refractivity contribution in [2.45, 2.75) is 77.4 Å². The van der Waals surface area contributed by atoms with Gasteiger partial charge < -0.3 is 9.84 Å². The molecule has 0 spiro atoms. The van der Waals surface area contributed by atoms with Crippen molar-refractivity contribution in [2.75, 3.05) is 0 Å². The predicted molar refractivity (Wildman–Crippen MR) is 92.6 cm³/mol. The van der Waals surface area contributed by atoms with Gasteiger partial charge in [-0.3, -0.25) is 4.79 Å². The van der Waals surface area contributed by atoms with E-state index in [-0.39, 0.29) is 5.97 Å². The molecule has 0 heterocycles. The first kappa shape index (κ1) is 20.6. The van der Waals surface area contributed by atoms with E-state index >= 15 is 0 Å². The second-order valence-electron chi connectivity index (χ2n) is 5.46. The van der Waals surface area contributed by atoms with E-state index in [1.54, 1.807) is 0 Å². The summed E-state index contributed by atoms with van der Waals surface area (Å²) in [5.74, 6) is -0.338. The average molecular weight is 308 g/mol. The number of unbranched alkanes of at least 4 members (excludes halogenated alkanes) is 3. The van der Waals surface area contributed by atoms with Gasteiger partial charge in [0.15, 0.2) is 0 Å². The van der Waals surface area contributed by atoms with Crippen LogP contribution in [0, 0.1) is 0 Å². The molecule has 0 fully saturated rings. The molecular weight excluding hydrogens is 276 g/mol. The molecule has 0 saturated carbocycles. The maximum Gasteiger partial charge on any atom is 0.303 e. The van der Waals surface area contributed by atoms with Crippen LogP contribution in [0.15, 0.2) is 37.0 Å². The summed E-state index contributed by atoms with van der Waals surface area (Å²) < 4.78 is 5.24. The summed E-state index contributed by atoms with van der Waals surface area (Å²) in [6.07, 6.45) is 16.4.